The van der Waals surface area contributed by atoms with E-state index in [2.05, 4.69) is 20.6 Å². The van der Waals surface area contributed by atoms with Crippen LogP contribution in [0.1, 0.15) is 52.7 Å². The Kier molecular flexibility index (Phi) is 7.66. The van der Waals surface area contributed by atoms with Crippen LogP contribution in [0.25, 0.3) is 10.9 Å². The Morgan fingerprint density at radius 3 is 2.44 bits per heavy atom. The fourth-order valence-corrected chi connectivity index (χ4v) is 3.45. The molecule has 2 N–H and O–H groups in total. The van der Waals surface area contributed by atoms with Gasteiger partial charge >= 0.3 is 23.8 Å². The lowest BCUT2D eigenvalue weighted by atomic mass is 9.96. The second-order valence-corrected chi connectivity index (χ2v) is 10.7. The molecule has 10 heteroatoms. The van der Waals surface area contributed by atoms with Crippen molar-refractivity contribution in [2.24, 2.45) is 5.41 Å². The highest BCUT2D eigenvalue weighted by atomic mass is 16.6. The first-order valence-electron chi connectivity index (χ1n) is 11.6. The molecular formula is C26H33N5O5. The van der Waals surface area contributed by atoms with Crippen LogP contribution in [0.2, 0.25) is 0 Å². The molecule has 3 aromatic rings. The number of carbonyl (C=O) groups is 2. The quantitative estimate of drug-likeness (QED) is 0.510. The van der Waals surface area contributed by atoms with Gasteiger partial charge < -0.3 is 14.5 Å². The van der Waals surface area contributed by atoms with Crippen molar-refractivity contribution >= 4 is 34.7 Å². The minimum Gasteiger partial charge on any atom is -0.444 e. The first-order chi connectivity index (χ1) is 16.7. The van der Waals surface area contributed by atoms with E-state index in [1.54, 1.807) is 58.3 Å². The van der Waals surface area contributed by atoms with Gasteiger partial charge in [0.25, 0.3) is 0 Å². The molecule has 0 saturated heterocycles. The number of rotatable bonds is 5. The second kappa shape index (κ2) is 10.3. The van der Waals surface area contributed by atoms with Crippen LogP contribution in [-0.4, -0.2) is 34.2 Å². The largest absolute Gasteiger partial charge is 0.444 e. The van der Waals surface area contributed by atoms with Gasteiger partial charge in [-0.05, 0) is 62.4 Å². The van der Waals surface area contributed by atoms with Gasteiger partial charge in [-0.15, -0.1) is 0 Å². The number of pyridine rings is 1. The SMILES string of the molecule is Cc1c(NC(=O)OC(C)(C)C)ccc2nc(N(CC(C)(C)C)C(=O)NCc3cccnc3)oc(=O)c12. The van der Waals surface area contributed by atoms with Gasteiger partial charge in [0.1, 0.15) is 5.60 Å². The van der Waals surface area contributed by atoms with Crippen molar-refractivity contribution in [2.75, 3.05) is 16.8 Å². The fraction of sp³-hybridized carbons (Fsp3) is 0.423. The molecule has 0 atom stereocenters. The van der Waals surface area contributed by atoms with E-state index in [-0.39, 0.29) is 29.9 Å². The number of fused-ring (bicyclic) bond motifs is 1. The summed E-state index contributed by atoms with van der Waals surface area (Å²) in [5, 5.41) is 5.69. The molecule has 0 aliphatic heterocycles. The molecule has 2 aromatic heterocycles. The van der Waals surface area contributed by atoms with E-state index in [4.69, 9.17) is 9.15 Å². The number of hydrogen-bond donors (Lipinski definition) is 2. The van der Waals surface area contributed by atoms with E-state index in [0.29, 0.717) is 16.8 Å². The van der Waals surface area contributed by atoms with Gasteiger partial charge in [0.15, 0.2) is 0 Å². The highest BCUT2D eigenvalue weighted by molar-refractivity contribution is 5.94. The maximum Gasteiger partial charge on any atom is 0.412 e. The Morgan fingerprint density at radius 1 is 1.11 bits per heavy atom. The highest BCUT2D eigenvalue weighted by Gasteiger charge is 2.27. The first-order valence-corrected chi connectivity index (χ1v) is 11.6. The van der Waals surface area contributed by atoms with Gasteiger partial charge in [-0.3, -0.25) is 10.3 Å². The Balaban J connectivity index is 1.93. The third-order valence-electron chi connectivity index (χ3n) is 4.96. The van der Waals surface area contributed by atoms with Crippen molar-refractivity contribution in [2.45, 2.75) is 60.6 Å². The van der Waals surface area contributed by atoms with Crippen LogP contribution in [0.3, 0.4) is 0 Å². The summed E-state index contributed by atoms with van der Waals surface area (Å²) in [6.07, 6.45) is 2.68. The monoisotopic (exact) mass is 495 g/mol. The van der Waals surface area contributed by atoms with Crippen LogP contribution in [0, 0.1) is 12.3 Å². The Hall–Kier alpha value is -3.95. The Morgan fingerprint density at radius 2 is 1.83 bits per heavy atom. The summed E-state index contributed by atoms with van der Waals surface area (Å²) in [5.41, 5.74) is 0.409. The normalized spacial score (nSPS) is 11.8. The van der Waals surface area contributed by atoms with Gasteiger partial charge in [-0.2, -0.15) is 4.98 Å². The predicted octanol–water partition coefficient (Wildman–Crippen LogP) is 5.00. The van der Waals surface area contributed by atoms with E-state index < -0.39 is 23.4 Å². The number of nitrogens with one attached hydrogen (secondary N) is 2. The molecule has 192 valence electrons. The van der Waals surface area contributed by atoms with Crippen molar-refractivity contribution in [3.63, 3.8) is 0 Å². The standard InChI is InChI=1S/C26H33N5O5/c1-16-18(30-24(34)36-26(5,6)7)10-11-19-20(16)21(32)35-23(29-19)31(15-25(2,3)4)22(33)28-14-17-9-8-12-27-13-17/h8-13H,14-15H2,1-7H3,(H,28,33)(H,30,34). The van der Waals surface area contributed by atoms with Crippen LogP contribution in [0.4, 0.5) is 21.3 Å². The van der Waals surface area contributed by atoms with Crippen molar-refractivity contribution < 1.29 is 18.7 Å². The third-order valence-corrected chi connectivity index (χ3v) is 4.96. The molecule has 0 radical (unpaired) electrons. The fourth-order valence-electron chi connectivity index (χ4n) is 3.45. The number of urea groups is 1. The molecule has 36 heavy (non-hydrogen) atoms. The Labute approximate surface area is 210 Å². The maximum atomic E-state index is 13.1. The van der Waals surface area contributed by atoms with Gasteiger partial charge in [0, 0.05) is 31.2 Å². The summed E-state index contributed by atoms with van der Waals surface area (Å²) in [7, 11) is 0. The molecule has 3 rings (SSSR count). The van der Waals surface area contributed by atoms with E-state index in [9.17, 15) is 14.4 Å². The predicted molar refractivity (Wildman–Crippen MR) is 138 cm³/mol. The summed E-state index contributed by atoms with van der Waals surface area (Å²) < 4.78 is 10.8. The molecule has 10 nitrogen and oxygen atoms in total. The van der Waals surface area contributed by atoms with Crippen LogP contribution >= 0.6 is 0 Å². The molecule has 0 spiro atoms. The van der Waals surface area contributed by atoms with Crippen molar-refractivity contribution in [3.8, 4) is 0 Å². The number of aryl methyl sites for hydroxylation is 1. The summed E-state index contributed by atoms with van der Waals surface area (Å²) in [5.74, 6) is 0. The average Bonchev–Trinajstić information content (AvgIpc) is 2.76. The number of aromatic nitrogens is 2. The summed E-state index contributed by atoms with van der Waals surface area (Å²) in [6, 6.07) is 6.29. The number of ether oxygens (including phenoxy) is 1. The highest BCUT2D eigenvalue weighted by Crippen LogP contribution is 2.26. The van der Waals surface area contributed by atoms with Gasteiger partial charge in [0.05, 0.1) is 10.9 Å². The molecule has 3 amide bonds. The van der Waals surface area contributed by atoms with Crippen molar-refractivity contribution in [1.29, 1.82) is 0 Å². The van der Waals surface area contributed by atoms with Crippen LogP contribution in [-0.2, 0) is 11.3 Å². The summed E-state index contributed by atoms with van der Waals surface area (Å²) in [6.45, 7) is 13.4. The smallest absolute Gasteiger partial charge is 0.412 e. The van der Waals surface area contributed by atoms with Crippen LogP contribution in [0.15, 0.2) is 45.9 Å². The second-order valence-electron chi connectivity index (χ2n) is 10.7. The number of benzene rings is 1. The number of carbonyl (C=O) groups excluding carboxylic acids is 2. The van der Waals surface area contributed by atoms with E-state index in [1.165, 1.54) is 4.90 Å². The zero-order valence-electron chi connectivity index (χ0n) is 21.8. The molecule has 0 bridgehead atoms. The molecule has 0 aliphatic carbocycles. The molecular weight excluding hydrogens is 462 g/mol. The van der Waals surface area contributed by atoms with Crippen LogP contribution in [0.5, 0.6) is 0 Å². The van der Waals surface area contributed by atoms with Crippen molar-refractivity contribution in [1.82, 2.24) is 15.3 Å². The minimum absolute atomic E-state index is 0.113. The topological polar surface area (TPSA) is 127 Å². The lowest BCUT2D eigenvalue weighted by Crippen LogP contribution is -2.44. The van der Waals surface area contributed by atoms with Gasteiger partial charge in [-0.25, -0.2) is 19.3 Å². The minimum atomic E-state index is -0.668. The Bertz CT molecular complexity index is 1310. The number of hydrogen-bond acceptors (Lipinski definition) is 7. The molecule has 2 heterocycles. The lowest BCUT2D eigenvalue weighted by molar-refractivity contribution is 0.0635. The van der Waals surface area contributed by atoms with E-state index >= 15 is 0 Å². The maximum absolute atomic E-state index is 13.1. The van der Waals surface area contributed by atoms with E-state index in [0.717, 1.165) is 5.56 Å². The number of amides is 3. The van der Waals surface area contributed by atoms with Gasteiger partial charge in [-0.1, -0.05) is 26.8 Å². The van der Waals surface area contributed by atoms with Crippen molar-refractivity contribution in [3.05, 3.63) is 58.2 Å². The molecule has 0 unspecified atom stereocenters. The van der Waals surface area contributed by atoms with Crippen LogP contribution < -0.4 is 21.2 Å². The third kappa shape index (κ3) is 7.03. The number of anilines is 2. The lowest BCUT2D eigenvalue weighted by Gasteiger charge is -2.28. The molecule has 0 saturated carbocycles. The average molecular weight is 496 g/mol. The molecule has 0 aliphatic rings. The molecule has 0 fully saturated rings. The molecule has 1 aromatic carbocycles. The first kappa shape index (κ1) is 26.7. The summed E-state index contributed by atoms with van der Waals surface area (Å²) in [4.78, 5) is 48.2. The number of nitrogens with zero attached hydrogens (tertiary/aromatic N) is 3. The zero-order chi connectivity index (χ0) is 26.7. The zero-order valence-corrected chi connectivity index (χ0v) is 21.8. The van der Waals surface area contributed by atoms with Gasteiger partial charge in [0.2, 0.25) is 0 Å². The summed E-state index contributed by atoms with van der Waals surface area (Å²) >= 11 is 0. The van der Waals surface area contributed by atoms with E-state index in [1.807, 2.05) is 26.8 Å².